The van der Waals surface area contributed by atoms with E-state index in [0.29, 0.717) is 8.58 Å². The number of para-hydroxylation sites is 1. The lowest BCUT2D eigenvalue weighted by Gasteiger charge is -2.11. The molecule has 108 valence electrons. The van der Waals surface area contributed by atoms with Crippen molar-refractivity contribution >= 4 is 20.0 Å². The van der Waals surface area contributed by atoms with Crippen LogP contribution in [0.5, 0.6) is 5.75 Å². The van der Waals surface area contributed by atoms with Gasteiger partial charge in [0.1, 0.15) is 11.2 Å². The molecule has 2 heteroatoms. The molecule has 0 aliphatic heterocycles. The summed E-state index contributed by atoms with van der Waals surface area (Å²) in [6.07, 6.45) is 2.11. The Bertz CT molecular complexity index is 678. The molecule has 0 aliphatic carbocycles. The molecule has 0 heterocycles. The van der Waals surface area contributed by atoms with E-state index in [-0.39, 0.29) is 0 Å². The van der Waals surface area contributed by atoms with Gasteiger partial charge in [0.25, 0.3) is 0 Å². The molecule has 1 unspecified atom stereocenters. The van der Waals surface area contributed by atoms with Crippen molar-refractivity contribution in [1.29, 1.82) is 0 Å². The SMILES string of the molecule is C(=C(Oc1ccccc1)Pc1ccccc1)c1ccccc1. The fourth-order valence-electron chi connectivity index (χ4n) is 2.07. The second kappa shape index (κ2) is 7.59. The van der Waals surface area contributed by atoms with Gasteiger partial charge in [0.2, 0.25) is 0 Å². The van der Waals surface area contributed by atoms with Gasteiger partial charge in [-0.2, -0.15) is 0 Å². The lowest BCUT2D eigenvalue weighted by molar-refractivity contribution is 0.469. The minimum Gasteiger partial charge on any atom is -0.457 e. The number of benzene rings is 3. The van der Waals surface area contributed by atoms with Crippen LogP contribution in [0.2, 0.25) is 0 Å². The Labute approximate surface area is 133 Å². The molecular formula is C20H17OP. The zero-order chi connectivity index (χ0) is 15.0. The molecule has 1 nitrogen and oxygen atoms in total. The molecule has 0 spiro atoms. The first-order chi connectivity index (χ1) is 10.9. The molecule has 0 aromatic heterocycles. The maximum absolute atomic E-state index is 6.10. The van der Waals surface area contributed by atoms with Crippen LogP contribution < -0.4 is 10.0 Å². The third-order valence-corrected chi connectivity index (χ3v) is 4.22. The quantitative estimate of drug-likeness (QED) is 0.472. The number of rotatable bonds is 5. The maximum atomic E-state index is 6.10. The van der Waals surface area contributed by atoms with Gasteiger partial charge in [-0.15, -0.1) is 0 Å². The van der Waals surface area contributed by atoms with Crippen molar-refractivity contribution in [2.75, 3.05) is 0 Å². The van der Waals surface area contributed by atoms with Crippen LogP contribution in [-0.4, -0.2) is 0 Å². The smallest absolute Gasteiger partial charge is 0.128 e. The normalized spacial score (nSPS) is 11.7. The Kier molecular flexibility index (Phi) is 5.02. The molecule has 0 bridgehead atoms. The van der Waals surface area contributed by atoms with E-state index in [1.54, 1.807) is 0 Å². The molecule has 3 aromatic carbocycles. The van der Waals surface area contributed by atoms with Crippen molar-refractivity contribution in [2.45, 2.75) is 0 Å². The Morgan fingerprint density at radius 2 is 1.23 bits per heavy atom. The van der Waals surface area contributed by atoms with Gasteiger partial charge in [0.05, 0.1) is 0 Å². The predicted molar refractivity (Wildman–Crippen MR) is 95.9 cm³/mol. The molecule has 0 saturated heterocycles. The molecule has 0 radical (unpaired) electrons. The molecule has 3 rings (SSSR count). The molecule has 0 aliphatic rings. The maximum Gasteiger partial charge on any atom is 0.128 e. The molecule has 22 heavy (non-hydrogen) atoms. The van der Waals surface area contributed by atoms with E-state index >= 15 is 0 Å². The van der Waals surface area contributed by atoms with Crippen LogP contribution >= 0.6 is 8.58 Å². The van der Waals surface area contributed by atoms with Crippen LogP contribution in [-0.2, 0) is 0 Å². The first kappa shape index (κ1) is 14.6. The largest absolute Gasteiger partial charge is 0.457 e. The van der Waals surface area contributed by atoms with Gasteiger partial charge < -0.3 is 4.74 Å². The van der Waals surface area contributed by atoms with Gasteiger partial charge >= 0.3 is 0 Å². The summed E-state index contributed by atoms with van der Waals surface area (Å²) in [7, 11) is 0.486. The summed E-state index contributed by atoms with van der Waals surface area (Å²) < 4.78 is 6.10. The highest BCUT2D eigenvalue weighted by atomic mass is 31.1. The summed E-state index contributed by atoms with van der Waals surface area (Å²) in [4.78, 5) is 0. The number of hydrogen-bond acceptors (Lipinski definition) is 1. The summed E-state index contributed by atoms with van der Waals surface area (Å²) in [6, 6.07) is 30.6. The predicted octanol–water partition coefficient (Wildman–Crippen LogP) is 5.07. The highest BCUT2D eigenvalue weighted by Crippen LogP contribution is 2.28. The monoisotopic (exact) mass is 304 g/mol. The fraction of sp³-hybridized carbons (Fsp3) is 0. The van der Waals surface area contributed by atoms with E-state index in [2.05, 4.69) is 42.5 Å². The minimum absolute atomic E-state index is 0.486. The van der Waals surface area contributed by atoms with Crippen LogP contribution in [0.3, 0.4) is 0 Å². The molecule has 0 amide bonds. The zero-order valence-corrected chi connectivity index (χ0v) is 13.1. The minimum atomic E-state index is 0.486. The van der Waals surface area contributed by atoms with Crippen LogP contribution in [0.25, 0.3) is 6.08 Å². The third-order valence-electron chi connectivity index (χ3n) is 3.11. The van der Waals surface area contributed by atoms with Crippen molar-refractivity contribution in [2.24, 2.45) is 0 Å². The molecule has 0 N–H and O–H groups in total. The van der Waals surface area contributed by atoms with Crippen LogP contribution in [0, 0.1) is 0 Å². The van der Waals surface area contributed by atoms with E-state index < -0.39 is 0 Å². The lowest BCUT2D eigenvalue weighted by atomic mass is 10.2. The molecular weight excluding hydrogens is 287 g/mol. The van der Waals surface area contributed by atoms with Crippen molar-refractivity contribution in [3.05, 3.63) is 102 Å². The third kappa shape index (κ3) is 4.31. The van der Waals surface area contributed by atoms with Gasteiger partial charge in [-0.25, -0.2) is 0 Å². The standard InChI is InChI=1S/C20H17OP/c1-4-10-17(11-5-1)16-20(21-18-12-6-2-7-13-18)22-19-14-8-3-9-15-19/h1-16,22H. The van der Waals surface area contributed by atoms with E-state index in [1.807, 2.05) is 54.6 Å². The fourth-order valence-corrected chi connectivity index (χ4v) is 3.12. The summed E-state index contributed by atoms with van der Waals surface area (Å²) in [5, 5.41) is 1.26. The average Bonchev–Trinajstić information content (AvgIpc) is 2.57. The van der Waals surface area contributed by atoms with Gasteiger partial charge in [0, 0.05) is 0 Å². The van der Waals surface area contributed by atoms with Gasteiger partial charge in [-0.1, -0.05) is 78.9 Å². The van der Waals surface area contributed by atoms with Crippen molar-refractivity contribution < 1.29 is 4.74 Å². The average molecular weight is 304 g/mol. The van der Waals surface area contributed by atoms with E-state index in [9.17, 15) is 0 Å². The lowest BCUT2D eigenvalue weighted by Crippen LogP contribution is -1.98. The van der Waals surface area contributed by atoms with E-state index in [1.165, 1.54) is 5.30 Å². The molecule has 0 fully saturated rings. The van der Waals surface area contributed by atoms with Crippen LogP contribution in [0.4, 0.5) is 0 Å². The molecule has 1 atom stereocenters. The Morgan fingerprint density at radius 3 is 1.86 bits per heavy atom. The molecule has 3 aromatic rings. The van der Waals surface area contributed by atoms with E-state index in [0.717, 1.165) is 16.8 Å². The summed E-state index contributed by atoms with van der Waals surface area (Å²) in [5.74, 6) is 0.869. The van der Waals surface area contributed by atoms with Gasteiger partial charge in [0.15, 0.2) is 0 Å². The summed E-state index contributed by atoms with van der Waals surface area (Å²) in [5.41, 5.74) is 2.11. The number of hydrogen-bond donors (Lipinski definition) is 0. The van der Waals surface area contributed by atoms with Gasteiger partial charge in [-0.05, 0) is 37.7 Å². The van der Waals surface area contributed by atoms with Gasteiger partial charge in [-0.3, -0.25) is 0 Å². The summed E-state index contributed by atoms with van der Waals surface area (Å²) in [6.45, 7) is 0. The highest BCUT2D eigenvalue weighted by Gasteiger charge is 2.03. The number of ether oxygens (including phenoxy) is 1. The second-order valence-corrected chi connectivity index (χ2v) is 6.15. The summed E-state index contributed by atoms with van der Waals surface area (Å²) >= 11 is 0. The second-order valence-electron chi connectivity index (χ2n) is 4.83. The van der Waals surface area contributed by atoms with Crippen LogP contribution in [0.1, 0.15) is 5.56 Å². The van der Waals surface area contributed by atoms with E-state index in [4.69, 9.17) is 4.74 Å². The Balaban J connectivity index is 1.86. The first-order valence-electron chi connectivity index (χ1n) is 7.22. The Morgan fingerprint density at radius 1 is 0.682 bits per heavy atom. The van der Waals surface area contributed by atoms with Crippen molar-refractivity contribution in [3.63, 3.8) is 0 Å². The van der Waals surface area contributed by atoms with Crippen molar-refractivity contribution in [3.8, 4) is 5.75 Å². The zero-order valence-electron chi connectivity index (χ0n) is 12.1. The molecule has 0 saturated carbocycles. The highest BCUT2D eigenvalue weighted by molar-refractivity contribution is 7.51. The topological polar surface area (TPSA) is 9.23 Å². The van der Waals surface area contributed by atoms with Crippen molar-refractivity contribution in [1.82, 2.24) is 0 Å². The van der Waals surface area contributed by atoms with Crippen LogP contribution in [0.15, 0.2) is 96.5 Å². The Hall–Kier alpha value is -2.37. The first-order valence-corrected chi connectivity index (χ1v) is 8.22.